The molecule has 0 N–H and O–H groups in total. The van der Waals surface area contributed by atoms with Crippen LogP contribution < -0.4 is 0 Å². The first-order valence-corrected chi connectivity index (χ1v) is 11.2. The van der Waals surface area contributed by atoms with E-state index < -0.39 is 0 Å². The number of carbonyl (C=O) groups excluding carboxylic acids is 2. The molecule has 0 unspecified atom stereocenters. The van der Waals surface area contributed by atoms with Gasteiger partial charge in [-0.25, -0.2) is 0 Å². The molecule has 1 aliphatic heterocycles. The maximum atomic E-state index is 13.0. The van der Waals surface area contributed by atoms with Gasteiger partial charge in [0.2, 0.25) is 0 Å². The van der Waals surface area contributed by atoms with Gasteiger partial charge in [-0.05, 0) is 49.9 Å². The second kappa shape index (κ2) is 6.66. The van der Waals surface area contributed by atoms with Gasteiger partial charge in [0.1, 0.15) is 11.9 Å². The van der Waals surface area contributed by atoms with Crippen LogP contribution in [0.2, 0.25) is 0 Å². The fourth-order valence-electron chi connectivity index (χ4n) is 7.54. The first-order chi connectivity index (χ1) is 13.5. The minimum Gasteiger partial charge on any atom is -0.462 e. The summed E-state index contributed by atoms with van der Waals surface area (Å²) in [6, 6.07) is 0. The normalized spacial score (nSPS) is 43.9. The van der Waals surface area contributed by atoms with Crippen LogP contribution in [0.5, 0.6) is 0 Å². The molecule has 6 atom stereocenters. The van der Waals surface area contributed by atoms with E-state index in [1.165, 1.54) is 12.5 Å². The van der Waals surface area contributed by atoms with Crippen LogP contribution >= 0.6 is 0 Å². The van der Waals surface area contributed by atoms with E-state index in [1.807, 2.05) is 0 Å². The van der Waals surface area contributed by atoms with E-state index in [2.05, 4.69) is 13.0 Å². The molecule has 0 amide bonds. The molecule has 1 heterocycles. The van der Waals surface area contributed by atoms with Gasteiger partial charge in [-0.15, -0.1) is 0 Å². The molecule has 0 aromatic rings. The number of ether oxygens (including phenoxy) is 3. The van der Waals surface area contributed by atoms with E-state index in [0.717, 1.165) is 44.9 Å². The lowest BCUT2D eigenvalue weighted by Crippen LogP contribution is -2.51. The molecule has 1 spiro atoms. The third-order valence-electron chi connectivity index (χ3n) is 8.63. The predicted molar refractivity (Wildman–Crippen MR) is 102 cm³/mol. The molecule has 5 rings (SSSR count). The average Bonchev–Trinajstić information content (AvgIpc) is 3.23. The van der Waals surface area contributed by atoms with Crippen molar-refractivity contribution in [1.82, 2.24) is 0 Å². The van der Waals surface area contributed by atoms with E-state index in [0.29, 0.717) is 43.2 Å². The SMILES string of the molecule is CC[C@]12CC[C@H]3[C@@H](CC=C4CC5(CC[C@@H]43)OCCO5)[C@@H]1[C@@H](OC(C)=O)CC2=O. The number of carbonyl (C=O) groups is 2. The van der Waals surface area contributed by atoms with Crippen LogP contribution in [0.3, 0.4) is 0 Å². The number of Topliss-reactive ketones (excluding diaryl/α,β-unsaturated/α-hetero) is 1. The molecule has 28 heavy (non-hydrogen) atoms. The van der Waals surface area contributed by atoms with Crippen LogP contribution in [0.15, 0.2) is 11.6 Å². The van der Waals surface area contributed by atoms with Crippen molar-refractivity contribution in [3.63, 3.8) is 0 Å². The van der Waals surface area contributed by atoms with Gasteiger partial charge >= 0.3 is 5.97 Å². The summed E-state index contributed by atoms with van der Waals surface area (Å²) >= 11 is 0. The van der Waals surface area contributed by atoms with Crippen molar-refractivity contribution in [3.8, 4) is 0 Å². The second-order valence-electron chi connectivity index (χ2n) is 9.62. The van der Waals surface area contributed by atoms with Gasteiger partial charge in [-0.1, -0.05) is 18.6 Å². The highest BCUT2D eigenvalue weighted by Crippen LogP contribution is 2.62. The first-order valence-electron chi connectivity index (χ1n) is 11.2. The number of fused-ring (bicyclic) bond motifs is 5. The number of hydrogen-bond donors (Lipinski definition) is 0. The third-order valence-corrected chi connectivity index (χ3v) is 8.63. The minimum absolute atomic E-state index is 0.181. The monoisotopic (exact) mass is 388 g/mol. The number of esters is 1. The van der Waals surface area contributed by atoms with Gasteiger partial charge in [-0.3, -0.25) is 9.59 Å². The van der Waals surface area contributed by atoms with Crippen molar-refractivity contribution in [3.05, 3.63) is 11.6 Å². The average molecular weight is 389 g/mol. The van der Waals surface area contributed by atoms with Gasteiger partial charge in [0.25, 0.3) is 0 Å². The summed E-state index contributed by atoms with van der Waals surface area (Å²) in [6.07, 6.45) is 9.48. The lowest BCUT2D eigenvalue weighted by atomic mass is 9.51. The summed E-state index contributed by atoms with van der Waals surface area (Å²) in [5.74, 6) is 1.48. The summed E-state index contributed by atoms with van der Waals surface area (Å²) in [5.41, 5.74) is 1.23. The molecule has 4 aliphatic carbocycles. The lowest BCUT2D eigenvalue weighted by molar-refractivity contribution is -0.178. The molecule has 5 nitrogen and oxygen atoms in total. The van der Waals surface area contributed by atoms with Gasteiger partial charge in [0.05, 0.1) is 13.2 Å². The highest BCUT2D eigenvalue weighted by Gasteiger charge is 2.62. The summed E-state index contributed by atoms with van der Waals surface area (Å²) in [5, 5.41) is 0. The van der Waals surface area contributed by atoms with Crippen LogP contribution in [-0.2, 0) is 23.8 Å². The van der Waals surface area contributed by atoms with E-state index in [-0.39, 0.29) is 29.2 Å². The first kappa shape index (κ1) is 18.8. The largest absolute Gasteiger partial charge is 0.462 e. The van der Waals surface area contributed by atoms with Gasteiger partial charge in [0.15, 0.2) is 5.79 Å². The van der Waals surface area contributed by atoms with Crippen molar-refractivity contribution in [1.29, 1.82) is 0 Å². The number of rotatable bonds is 2. The standard InChI is InChI=1S/C23H32O5/c1-3-22-8-6-17-16-7-9-23(26-10-11-27-23)13-15(16)4-5-18(17)21(22)19(12-20(22)25)28-14(2)24/h4,16-19,21H,3,5-13H2,1-2H3/t16-,17+,18+,19-,21+,22+/m0/s1. The lowest BCUT2D eigenvalue weighted by Gasteiger charge is -2.54. The van der Waals surface area contributed by atoms with E-state index in [1.54, 1.807) is 0 Å². The molecule has 1 saturated heterocycles. The quantitative estimate of drug-likeness (QED) is 0.532. The van der Waals surface area contributed by atoms with Gasteiger partial charge in [-0.2, -0.15) is 0 Å². The summed E-state index contributed by atoms with van der Waals surface area (Å²) in [4.78, 5) is 24.8. The van der Waals surface area contributed by atoms with Gasteiger partial charge in [0, 0.05) is 37.5 Å². The van der Waals surface area contributed by atoms with Crippen molar-refractivity contribution < 1.29 is 23.8 Å². The molecule has 5 aliphatic rings. The Labute approximate surface area is 167 Å². The molecule has 5 heteroatoms. The molecule has 0 radical (unpaired) electrons. The van der Waals surface area contributed by atoms with Crippen molar-refractivity contribution >= 4 is 11.8 Å². The van der Waals surface area contributed by atoms with E-state index in [4.69, 9.17) is 14.2 Å². The minimum atomic E-state index is -0.374. The fraction of sp³-hybridized carbons (Fsp3) is 0.826. The predicted octanol–water partition coefficient (Wildman–Crippen LogP) is 3.80. The van der Waals surface area contributed by atoms with Gasteiger partial charge < -0.3 is 14.2 Å². The molecule has 0 aromatic carbocycles. The van der Waals surface area contributed by atoms with Crippen molar-refractivity contribution in [2.75, 3.05) is 13.2 Å². The zero-order valence-corrected chi connectivity index (χ0v) is 17.1. The van der Waals surface area contributed by atoms with Crippen LogP contribution in [0.4, 0.5) is 0 Å². The van der Waals surface area contributed by atoms with E-state index >= 15 is 0 Å². The molecule has 4 fully saturated rings. The number of ketones is 1. The Morgan fingerprint density at radius 2 is 2.00 bits per heavy atom. The van der Waals surface area contributed by atoms with Crippen LogP contribution in [0.25, 0.3) is 0 Å². The molecule has 0 aromatic heterocycles. The van der Waals surface area contributed by atoms with Crippen molar-refractivity contribution in [2.24, 2.45) is 29.1 Å². The number of hydrogen-bond acceptors (Lipinski definition) is 5. The molecular weight excluding hydrogens is 356 g/mol. The zero-order chi connectivity index (χ0) is 19.5. The smallest absolute Gasteiger partial charge is 0.302 e. The number of allylic oxidation sites excluding steroid dienone is 1. The fourth-order valence-corrected chi connectivity index (χ4v) is 7.54. The topological polar surface area (TPSA) is 61.8 Å². The second-order valence-corrected chi connectivity index (χ2v) is 9.62. The van der Waals surface area contributed by atoms with Crippen LogP contribution in [0.1, 0.15) is 65.2 Å². The Kier molecular flexibility index (Phi) is 4.48. The summed E-state index contributed by atoms with van der Waals surface area (Å²) < 4.78 is 17.7. The maximum Gasteiger partial charge on any atom is 0.302 e. The van der Waals surface area contributed by atoms with E-state index in [9.17, 15) is 9.59 Å². The highest BCUT2D eigenvalue weighted by molar-refractivity contribution is 5.89. The molecule has 0 bridgehead atoms. The third kappa shape index (κ3) is 2.65. The summed E-state index contributed by atoms with van der Waals surface area (Å²) in [6.45, 7) is 5.02. The summed E-state index contributed by atoms with van der Waals surface area (Å²) in [7, 11) is 0. The highest BCUT2D eigenvalue weighted by atomic mass is 16.7. The Morgan fingerprint density at radius 3 is 2.71 bits per heavy atom. The molecular formula is C23H32O5. The molecule has 3 saturated carbocycles. The Bertz CT molecular complexity index is 706. The van der Waals surface area contributed by atoms with Crippen LogP contribution in [-0.4, -0.2) is 36.9 Å². The maximum absolute atomic E-state index is 13.0. The van der Waals surface area contributed by atoms with Crippen LogP contribution in [0, 0.1) is 29.1 Å². The molecule has 154 valence electrons. The zero-order valence-electron chi connectivity index (χ0n) is 17.1. The Balaban J connectivity index is 1.45. The van der Waals surface area contributed by atoms with Crippen molar-refractivity contribution in [2.45, 2.75) is 77.1 Å². The Morgan fingerprint density at radius 1 is 1.21 bits per heavy atom. The Hall–Kier alpha value is -1.20.